The van der Waals surface area contributed by atoms with E-state index in [4.69, 9.17) is 28.8 Å². The third-order valence-corrected chi connectivity index (χ3v) is 8.89. The van der Waals surface area contributed by atoms with E-state index in [-0.39, 0.29) is 89.1 Å². The third kappa shape index (κ3) is 68.9. The summed E-state index contributed by atoms with van der Waals surface area (Å²) in [5, 5.41) is 13.9. The first-order valence-electron chi connectivity index (χ1n) is 26.5. The molecule has 0 spiro atoms. The lowest BCUT2D eigenvalue weighted by atomic mass is 10.0. The lowest BCUT2D eigenvalue weighted by Gasteiger charge is -2.07. The number of benzene rings is 6. The maximum atomic E-state index is 11.4. The normalized spacial score (nSPS) is 9.06. The zero-order chi connectivity index (χ0) is 62.8. The largest absolute Gasteiger partial charge is 0.463 e. The van der Waals surface area contributed by atoms with E-state index in [0.717, 1.165) is 12.8 Å². The summed E-state index contributed by atoms with van der Waals surface area (Å²) in [6.45, 7) is 18.3. The highest BCUT2D eigenvalue weighted by Crippen LogP contribution is 2.12. The summed E-state index contributed by atoms with van der Waals surface area (Å²) in [6.07, 6.45) is 2.37. The van der Waals surface area contributed by atoms with Gasteiger partial charge in [-0.05, 0) is 127 Å². The Morgan fingerprint density at radius 1 is 0.337 bits per heavy atom. The molecule has 16 nitrogen and oxygen atoms in total. The Kier molecular flexibility index (Phi) is 75.1. The van der Waals surface area contributed by atoms with E-state index in [1.165, 1.54) is 90.8 Å². The molecule has 6 aromatic carbocycles. The van der Waals surface area contributed by atoms with Gasteiger partial charge in [0.2, 0.25) is 0 Å². The highest BCUT2D eigenvalue weighted by atomic mass is 16.6. The van der Waals surface area contributed by atoms with Crippen LogP contribution in [0.1, 0.15) is 139 Å². The SMILES string of the molecule is C.C.C.C.CC(C)=O.CC(C)=O.CC(C)=O.CC(C)=O.COCCC(CO)C(C)=O.COCCCCOC(=O)c1ccccc1.COCCOC(=O)c1ccccc1.COCCOC(C)=O.c1ccc2ccccc2c1.c1ccc2ccccc2c1. The molecule has 0 fully saturated rings. The second-order valence-corrected chi connectivity index (χ2v) is 17.6. The highest BCUT2D eigenvalue weighted by Gasteiger charge is 2.11. The number of aliphatic hydroxyl groups is 1. The number of ether oxygens (including phenoxy) is 7. The van der Waals surface area contributed by atoms with Crippen LogP contribution in [0.3, 0.4) is 0 Å². The van der Waals surface area contributed by atoms with Crippen molar-refractivity contribution in [3.05, 3.63) is 169 Å². The monoisotopic (exact) mass is 1200 g/mol. The molecule has 1 atom stereocenters. The topological polar surface area (TPSA) is 221 Å². The van der Waals surface area contributed by atoms with Gasteiger partial charge in [-0.15, -0.1) is 0 Å². The van der Waals surface area contributed by atoms with Crippen LogP contribution in [0.4, 0.5) is 0 Å². The quantitative estimate of drug-likeness (QED) is 0.0480. The number of fused-ring (bicyclic) bond motifs is 2. The smallest absolute Gasteiger partial charge is 0.338 e. The molecule has 16 heteroatoms. The molecular weight excluding hydrogens is 1100 g/mol. The number of methoxy groups -OCH3 is 4. The maximum Gasteiger partial charge on any atom is 0.338 e. The van der Waals surface area contributed by atoms with Gasteiger partial charge in [-0.25, -0.2) is 9.59 Å². The lowest BCUT2D eigenvalue weighted by molar-refractivity contribution is -0.142. The summed E-state index contributed by atoms with van der Waals surface area (Å²) >= 11 is 0. The lowest BCUT2D eigenvalue weighted by Crippen LogP contribution is -2.17. The van der Waals surface area contributed by atoms with Crippen molar-refractivity contribution < 1.29 is 76.6 Å². The van der Waals surface area contributed by atoms with Crippen molar-refractivity contribution in [1.82, 2.24) is 0 Å². The van der Waals surface area contributed by atoms with Gasteiger partial charge in [0.25, 0.3) is 0 Å². The summed E-state index contributed by atoms with van der Waals surface area (Å²) in [5.74, 6) is -0.368. The maximum absolute atomic E-state index is 11.4. The van der Waals surface area contributed by atoms with Gasteiger partial charge >= 0.3 is 17.9 Å². The fourth-order valence-electron chi connectivity index (χ4n) is 5.26. The minimum Gasteiger partial charge on any atom is -0.463 e. The predicted molar refractivity (Wildman–Crippen MR) is 353 cm³/mol. The van der Waals surface area contributed by atoms with Gasteiger partial charge < -0.3 is 57.4 Å². The molecule has 86 heavy (non-hydrogen) atoms. The van der Waals surface area contributed by atoms with E-state index < -0.39 is 0 Å². The Morgan fingerprint density at radius 2 is 0.581 bits per heavy atom. The third-order valence-electron chi connectivity index (χ3n) is 8.89. The molecule has 1 unspecified atom stereocenters. The molecule has 1 N–H and O–H groups in total. The summed E-state index contributed by atoms with van der Waals surface area (Å²) < 4.78 is 33.5. The van der Waals surface area contributed by atoms with Gasteiger partial charge in [-0.2, -0.15) is 0 Å². The second kappa shape index (κ2) is 68.2. The number of carbonyl (C=O) groups is 8. The number of hydrogen-bond donors (Lipinski definition) is 1. The number of carbonyl (C=O) groups excluding carboxylic acids is 8. The predicted octanol–water partition coefficient (Wildman–Crippen LogP) is 14.8. The van der Waals surface area contributed by atoms with Crippen LogP contribution >= 0.6 is 0 Å². The van der Waals surface area contributed by atoms with Gasteiger partial charge in [0.15, 0.2) is 0 Å². The number of ketones is 5. The Hall–Kier alpha value is -7.60. The number of unbranched alkanes of at least 4 members (excludes halogenated alkanes) is 1. The first kappa shape index (κ1) is 94.8. The molecule has 0 aliphatic rings. The molecule has 0 radical (unpaired) electrons. The number of Topliss-reactive ketones (excluding diaryl/α,β-unsaturated/α-hetero) is 5. The molecule has 484 valence electrons. The van der Waals surface area contributed by atoms with E-state index in [9.17, 15) is 38.4 Å². The molecule has 6 aromatic rings. The van der Waals surface area contributed by atoms with E-state index in [1.807, 2.05) is 24.3 Å². The molecule has 0 saturated heterocycles. The van der Waals surface area contributed by atoms with Crippen LogP contribution in [-0.4, -0.2) is 133 Å². The van der Waals surface area contributed by atoms with Crippen molar-refractivity contribution in [3.8, 4) is 0 Å². The minimum atomic E-state index is -0.308. The molecule has 0 aromatic heterocycles. The van der Waals surface area contributed by atoms with Crippen molar-refractivity contribution in [2.24, 2.45) is 5.92 Å². The van der Waals surface area contributed by atoms with Crippen LogP contribution in [0.5, 0.6) is 0 Å². The van der Waals surface area contributed by atoms with E-state index in [0.29, 0.717) is 63.8 Å². The van der Waals surface area contributed by atoms with Gasteiger partial charge in [0.1, 0.15) is 42.1 Å². The number of esters is 3. The fraction of sp³-hybridized carbons (Fsp3) is 0.429. The van der Waals surface area contributed by atoms with Crippen LogP contribution in [0.2, 0.25) is 0 Å². The average Bonchev–Trinajstić information content (AvgIpc) is 3.66. The molecule has 6 rings (SSSR count). The van der Waals surface area contributed by atoms with Crippen molar-refractivity contribution in [1.29, 1.82) is 0 Å². The molecule has 0 heterocycles. The first-order chi connectivity index (χ1) is 39.0. The summed E-state index contributed by atoms with van der Waals surface area (Å²) in [4.78, 5) is 81.1. The minimum absolute atomic E-state index is 0. The van der Waals surface area contributed by atoms with Gasteiger partial charge in [-0.1, -0.05) is 163 Å². The summed E-state index contributed by atoms with van der Waals surface area (Å²) in [7, 11) is 6.37. The van der Waals surface area contributed by atoms with Gasteiger partial charge in [0.05, 0.1) is 37.6 Å². The number of aliphatic hydroxyl groups excluding tert-OH is 1. The van der Waals surface area contributed by atoms with Crippen molar-refractivity contribution in [2.45, 2.75) is 118 Å². The Balaban J connectivity index is -0.000000134. The Labute approximate surface area is 517 Å². The van der Waals surface area contributed by atoms with Crippen molar-refractivity contribution >= 4 is 68.4 Å². The van der Waals surface area contributed by atoms with Crippen LogP contribution in [0.25, 0.3) is 21.5 Å². The van der Waals surface area contributed by atoms with E-state index in [2.05, 4.69) is 107 Å². The standard InChI is InChI=1S/C12H16O3.C10H12O3.2C10H8.C7H14O3.C5H10O3.4C3H6O.4CH4/c1-14-9-5-6-10-15-12(13)11-7-3-2-4-8-11;1-12-7-8-13-10(11)9-5-3-2-4-6-9;2*1-2-6-10-8-4-3-7-9(10)5-1;1-6(9)7(5-8)3-4-10-2;1-5(6)8-4-3-7-2;4*1-3(2)4;;;;/h2-4,7-8H,5-6,9-10H2,1H3;2-6H,7-8H2,1H3;2*1-8H;7-8H,3-5H2,1-2H3;3-4H2,1-2H3;4*1-2H3;4*1H4. The first-order valence-corrected chi connectivity index (χ1v) is 26.5. The van der Waals surface area contributed by atoms with Gasteiger partial charge in [-0.3, -0.25) is 9.59 Å². The van der Waals surface area contributed by atoms with E-state index >= 15 is 0 Å². The van der Waals surface area contributed by atoms with Crippen LogP contribution < -0.4 is 0 Å². The van der Waals surface area contributed by atoms with Crippen LogP contribution in [-0.2, 0) is 61.9 Å². The van der Waals surface area contributed by atoms with Crippen molar-refractivity contribution in [3.63, 3.8) is 0 Å². The molecule has 0 aliphatic heterocycles. The zero-order valence-electron chi connectivity index (χ0n) is 50.9. The second-order valence-electron chi connectivity index (χ2n) is 17.6. The van der Waals surface area contributed by atoms with Crippen LogP contribution in [0, 0.1) is 5.92 Å². The van der Waals surface area contributed by atoms with Crippen molar-refractivity contribution in [2.75, 3.05) is 81.3 Å². The summed E-state index contributed by atoms with van der Waals surface area (Å²) in [5.41, 5.74) is 1.17. The Bertz CT molecular complexity index is 2300. The fourth-order valence-corrected chi connectivity index (χ4v) is 5.26. The molecular formula is C70H108O16. The molecule has 0 saturated carbocycles. The highest BCUT2D eigenvalue weighted by molar-refractivity contribution is 5.90. The van der Waals surface area contributed by atoms with Crippen LogP contribution in [0.15, 0.2) is 158 Å². The molecule has 0 aliphatic carbocycles. The summed E-state index contributed by atoms with van der Waals surface area (Å²) in [6, 6.07) is 51.3. The average molecular weight is 1210 g/mol. The number of hydrogen-bond acceptors (Lipinski definition) is 16. The molecule has 0 amide bonds. The number of rotatable bonds is 18. The van der Waals surface area contributed by atoms with Gasteiger partial charge in [0, 0.05) is 54.5 Å². The Morgan fingerprint density at radius 3 is 0.826 bits per heavy atom. The van der Waals surface area contributed by atoms with E-state index in [1.54, 1.807) is 64.8 Å². The zero-order valence-corrected chi connectivity index (χ0v) is 50.9. The molecule has 0 bridgehead atoms.